The largest absolute Gasteiger partial charge is 0.495 e. The third-order valence-electron chi connectivity index (χ3n) is 9.87. The van der Waals surface area contributed by atoms with Crippen molar-refractivity contribution in [1.82, 2.24) is 5.32 Å². The molecule has 1 aromatic rings. The van der Waals surface area contributed by atoms with E-state index in [1.54, 1.807) is 26.1 Å². The molecule has 2 amide bonds. The number of carbonyl (C=O) groups is 3. The van der Waals surface area contributed by atoms with E-state index >= 15 is 0 Å². The standard InChI is InChI=1S/C36H51ClN2O9S/c1-20-11-9-14-28(45-8)36(43)19-27(46-34(42)38-36)23(4)32-35(5,48-32)29(47-33(41)21(2)12-10-13-22(3)49)18-30(40)39(6)25-16-24(15-20)17-26(44-7)31(25)37/h9,11,14,16-17,21-23,27-29,32,43,49H,10,12-13,15,18-19H2,1-8H3,(H,38,42)/b14-9+,20-11+/t21-,22?,23?,27?,28?,29?,32?,35?,36?/m1/s1. The molecule has 8 unspecified atom stereocenters. The summed E-state index contributed by atoms with van der Waals surface area (Å²) in [6.07, 6.45) is 3.86. The smallest absolute Gasteiger partial charge is 0.409 e. The van der Waals surface area contributed by atoms with Crippen LogP contribution in [0.3, 0.4) is 0 Å². The number of thiol groups is 1. The van der Waals surface area contributed by atoms with Crippen molar-refractivity contribution in [2.45, 2.75) is 114 Å². The maximum Gasteiger partial charge on any atom is 0.409 e. The molecule has 9 atom stereocenters. The molecule has 3 aliphatic rings. The Bertz CT molecular complexity index is 1450. The van der Waals surface area contributed by atoms with Crippen molar-refractivity contribution in [2.75, 3.05) is 26.2 Å². The van der Waals surface area contributed by atoms with Crippen LogP contribution >= 0.6 is 24.2 Å². The van der Waals surface area contributed by atoms with Crippen LogP contribution < -0.4 is 15.0 Å². The summed E-state index contributed by atoms with van der Waals surface area (Å²) in [6, 6.07) is 3.65. The Morgan fingerprint density at radius 2 is 1.96 bits per heavy atom. The number of alkyl carbamates (subject to hydrolysis) is 1. The fourth-order valence-corrected chi connectivity index (χ4v) is 7.19. The summed E-state index contributed by atoms with van der Waals surface area (Å²) in [6.45, 7) is 9.39. The van der Waals surface area contributed by atoms with Crippen LogP contribution in [-0.2, 0) is 35.0 Å². The molecule has 49 heavy (non-hydrogen) atoms. The number of epoxide rings is 1. The summed E-state index contributed by atoms with van der Waals surface area (Å²) in [7, 11) is 4.59. The Morgan fingerprint density at radius 3 is 2.61 bits per heavy atom. The average Bonchev–Trinajstić information content (AvgIpc) is 3.73. The Morgan fingerprint density at radius 1 is 1.24 bits per heavy atom. The van der Waals surface area contributed by atoms with Gasteiger partial charge < -0.3 is 33.7 Å². The van der Waals surface area contributed by atoms with Crippen molar-refractivity contribution >= 4 is 47.9 Å². The fourth-order valence-electron chi connectivity index (χ4n) is 6.70. The predicted octanol–water partition coefficient (Wildman–Crippen LogP) is 5.79. The Kier molecular flexibility index (Phi) is 12.8. The molecular formula is C36H51ClN2O9S. The van der Waals surface area contributed by atoms with Gasteiger partial charge in [0, 0.05) is 26.5 Å². The number of nitrogens with zero attached hydrogens (tertiary/aromatic N) is 1. The summed E-state index contributed by atoms with van der Waals surface area (Å²) in [4.78, 5) is 41.7. The van der Waals surface area contributed by atoms with Gasteiger partial charge in [-0.15, -0.1) is 0 Å². The molecule has 2 saturated heterocycles. The second-order valence-corrected chi connectivity index (χ2v) is 15.2. The lowest BCUT2D eigenvalue weighted by molar-refractivity contribution is -0.158. The number of aliphatic hydroxyl groups is 1. The topological polar surface area (TPSA) is 136 Å². The number of hydrogen-bond acceptors (Lipinski definition) is 10. The third kappa shape index (κ3) is 9.13. The van der Waals surface area contributed by atoms with E-state index in [9.17, 15) is 19.5 Å². The normalized spacial score (nSPS) is 33.6. The zero-order valence-electron chi connectivity index (χ0n) is 29.7. The highest BCUT2D eigenvalue weighted by molar-refractivity contribution is 7.80. The molecule has 3 aliphatic heterocycles. The number of anilines is 1. The van der Waals surface area contributed by atoms with E-state index in [2.05, 4.69) is 17.9 Å². The molecule has 272 valence electrons. The lowest BCUT2D eigenvalue weighted by Gasteiger charge is -2.42. The van der Waals surface area contributed by atoms with Gasteiger partial charge in [-0.05, 0) is 56.1 Å². The van der Waals surface area contributed by atoms with Crippen molar-refractivity contribution in [3.8, 4) is 5.75 Å². The van der Waals surface area contributed by atoms with E-state index in [-0.39, 0.29) is 29.0 Å². The van der Waals surface area contributed by atoms with Gasteiger partial charge in [0.05, 0.1) is 31.2 Å². The number of halogens is 1. The zero-order chi connectivity index (χ0) is 36.3. The van der Waals surface area contributed by atoms with Crippen LogP contribution in [0.15, 0.2) is 35.9 Å². The van der Waals surface area contributed by atoms with E-state index in [1.807, 2.05) is 45.9 Å². The molecule has 4 bridgehead atoms. The summed E-state index contributed by atoms with van der Waals surface area (Å²) in [5, 5.41) is 14.7. The highest BCUT2D eigenvalue weighted by Gasteiger charge is 2.64. The van der Waals surface area contributed by atoms with E-state index < -0.39 is 59.6 Å². The highest BCUT2D eigenvalue weighted by Crippen LogP contribution is 2.49. The van der Waals surface area contributed by atoms with Crippen LogP contribution in [0.4, 0.5) is 10.5 Å². The molecule has 3 heterocycles. The van der Waals surface area contributed by atoms with Gasteiger partial charge in [0.15, 0.2) is 5.72 Å². The highest BCUT2D eigenvalue weighted by atomic mass is 35.5. The molecular weight excluding hydrogens is 672 g/mol. The molecule has 4 rings (SSSR count). The minimum absolute atomic E-state index is 0.00174. The van der Waals surface area contributed by atoms with E-state index in [0.29, 0.717) is 24.3 Å². The second kappa shape index (κ2) is 16.1. The Balaban J connectivity index is 1.75. The SMILES string of the molecule is COc1cc2cc(c1Cl)N(C)C(=O)CC(OC(=O)[C@H](C)CCCC(C)S)C1(C)OC1C(C)C1CC(O)(NC(=O)O1)C(OC)/C=C/C=C(\C)C2. The van der Waals surface area contributed by atoms with Gasteiger partial charge >= 0.3 is 12.1 Å². The van der Waals surface area contributed by atoms with Crippen molar-refractivity contribution in [3.05, 3.63) is 46.5 Å². The maximum absolute atomic E-state index is 14.0. The van der Waals surface area contributed by atoms with Gasteiger partial charge in [-0.25, -0.2) is 4.79 Å². The lowest BCUT2D eigenvalue weighted by atomic mass is 9.83. The fraction of sp³-hybridized carbons (Fsp3) is 0.639. The quantitative estimate of drug-likeness (QED) is 0.173. The van der Waals surface area contributed by atoms with E-state index in [1.165, 1.54) is 19.1 Å². The Labute approximate surface area is 300 Å². The number of nitrogens with one attached hydrogen (secondary N) is 1. The molecule has 2 N–H and O–H groups in total. The number of benzene rings is 1. The number of esters is 1. The van der Waals surface area contributed by atoms with Gasteiger partial charge in [-0.3, -0.25) is 14.9 Å². The molecule has 0 spiro atoms. The molecule has 2 fully saturated rings. The summed E-state index contributed by atoms with van der Waals surface area (Å²) < 4.78 is 29.3. The predicted molar refractivity (Wildman–Crippen MR) is 190 cm³/mol. The molecule has 13 heteroatoms. The minimum Gasteiger partial charge on any atom is -0.495 e. The number of hydrogen-bond donors (Lipinski definition) is 3. The van der Waals surface area contributed by atoms with Crippen molar-refractivity contribution in [3.63, 3.8) is 0 Å². The van der Waals surface area contributed by atoms with Crippen molar-refractivity contribution < 1.29 is 43.2 Å². The number of methoxy groups -OCH3 is 2. The summed E-state index contributed by atoms with van der Waals surface area (Å²) in [5.41, 5.74) is -0.622. The minimum atomic E-state index is -1.78. The molecule has 0 aromatic heterocycles. The monoisotopic (exact) mass is 722 g/mol. The number of ether oxygens (including phenoxy) is 5. The van der Waals surface area contributed by atoms with E-state index in [4.69, 9.17) is 35.3 Å². The van der Waals surface area contributed by atoms with Crippen LogP contribution in [0.5, 0.6) is 5.75 Å². The van der Waals surface area contributed by atoms with E-state index in [0.717, 1.165) is 24.0 Å². The maximum atomic E-state index is 14.0. The second-order valence-electron chi connectivity index (χ2n) is 13.9. The first-order chi connectivity index (χ1) is 23.0. The first-order valence-corrected chi connectivity index (χ1v) is 17.7. The zero-order valence-corrected chi connectivity index (χ0v) is 31.3. The third-order valence-corrected chi connectivity index (χ3v) is 10.5. The van der Waals surface area contributed by atoms with Crippen LogP contribution in [0.2, 0.25) is 5.02 Å². The van der Waals surface area contributed by atoms with Crippen LogP contribution in [0.1, 0.15) is 72.3 Å². The molecule has 0 saturated carbocycles. The van der Waals surface area contributed by atoms with Gasteiger partial charge in [-0.1, -0.05) is 62.6 Å². The van der Waals surface area contributed by atoms with Gasteiger partial charge in [0.2, 0.25) is 5.91 Å². The molecule has 11 nitrogen and oxygen atoms in total. The molecule has 0 radical (unpaired) electrons. The van der Waals surface area contributed by atoms with Gasteiger partial charge in [-0.2, -0.15) is 12.6 Å². The molecule has 1 aromatic carbocycles. The molecule has 0 aliphatic carbocycles. The number of allylic oxidation sites excluding steroid dienone is 3. The van der Waals surface area contributed by atoms with Gasteiger partial charge in [0.25, 0.3) is 0 Å². The van der Waals surface area contributed by atoms with Crippen molar-refractivity contribution in [1.29, 1.82) is 0 Å². The number of amides is 2. The number of rotatable bonds is 8. The van der Waals surface area contributed by atoms with Crippen LogP contribution in [-0.4, -0.2) is 85.3 Å². The first kappa shape index (κ1) is 39.0. The lowest BCUT2D eigenvalue weighted by Crippen LogP contribution is -2.63. The van der Waals surface area contributed by atoms with Crippen LogP contribution in [0, 0.1) is 11.8 Å². The number of fused-ring (bicyclic) bond motifs is 5. The summed E-state index contributed by atoms with van der Waals surface area (Å²) >= 11 is 11.2. The summed E-state index contributed by atoms with van der Waals surface area (Å²) in [5.74, 6) is -1.24. The first-order valence-electron chi connectivity index (χ1n) is 16.8. The van der Waals surface area contributed by atoms with Gasteiger partial charge in [0.1, 0.15) is 34.7 Å². The average molecular weight is 723 g/mol. The number of carbonyl (C=O) groups excluding carboxylic acids is 3. The van der Waals surface area contributed by atoms with Crippen molar-refractivity contribution in [2.24, 2.45) is 11.8 Å². The Hall–Kier alpha value is -2.77. The van der Waals surface area contributed by atoms with Crippen LogP contribution in [0.25, 0.3) is 0 Å².